The zero-order valence-electron chi connectivity index (χ0n) is 11.0. The molecule has 0 aliphatic carbocycles. The van der Waals surface area contributed by atoms with Gasteiger partial charge in [0.15, 0.2) is 9.84 Å². The Labute approximate surface area is 100 Å². The zero-order valence-corrected chi connectivity index (χ0v) is 11.8. The van der Waals surface area contributed by atoms with E-state index in [9.17, 15) is 13.5 Å². The molecule has 0 bridgehead atoms. The van der Waals surface area contributed by atoms with Crippen LogP contribution >= 0.6 is 0 Å². The van der Waals surface area contributed by atoms with Gasteiger partial charge in [-0.15, -0.1) is 0 Å². The Morgan fingerprint density at radius 3 is 2.06 bits per heavy atom. The Morgan fingerprint density at radius 2 is 1.62 bits per heavy atom. The summed E-state index contributed by atoms with van der Waals surface area (Å²) in [5.74, 6) is 0. The SMILES string of the molecule is CCCCCCCC(O)C(C)(C)S(C)(=O)=O. The monoisotopic (exact) mass is 250 g/mol. The van der Waals surface area contributed by atoms with Crippen LogP contribution < -0.4 is 0 Å². The lowest BCUT2D eigenvalue weighted by Gasteiger charge is -2.28. The molecule has 0 radical (unpaired) electrons. The van der Waals surface area contributed by atoms with Crippen LogP contribution in [0, 0.1) is 0 Å². The van der Waals surface area contributed by atoms with Gasteiger partial charge in [0.25, 0.3) is 0 Å². The summed E-state index contributed by atoms with van der Waals surface area (Å²) in [7, 11) is -3.20. The van der Waals surface area contributed by atoms with Crippen LogP contribution in [0.2, 0.25) is 0 Å². The highest BCUT2D eigenvalue weighted by molar-refractivity contribution is 7.92. The van der Waals surface area contributed by atoms with Crippen molar-refractivity contribution in [2.45, 2.75) is 70.1 Å². The number of aliphatic hydroxyl groups excluding tert-OH is 1. The summed E-state index contributed by atoms with van der Waals surface area (Å²) in [5.41, 5.74) is 0. The van der Waals surface area contributed by atoms with E-state index in [0.717, 1.165) is 12.8 Å². The average molecular weight is 250 g/mol. The number of hydrogen-bond acceptors (Lipinski definition) is 3. The Hall–Kier alpha value is -0.0900. The van der Waals surface area contributed by atoms with Crippen molar-refractivity contribution in [1.82, 2.24) is 0 Å². The summed E-state index contributed by atoms with van der Waals surface area (Å²) in [5, 5.41) is 9.89. The molecule has 4 heteroatoms. The molecule has 0 fully saturated rings. The van der Waals surface area contributed by atoms with Crippen molar-refractivity contribution in [2.24, 2.45) is 0 Å². The fourth-order valence-electron chi connectivity index (χ4n) is 1.54. The highest BCUT2D eigenvalue weighted by atomic mass is 32.2. The summed E-state index contributed by atoms with van der Waals surface area (Å²) in [6.07, 6.45) is 6.55. The van der Waals surface area contributed by atoms with Crippen molar-refractivity contribution < 1.29 is 13.5 Å². The molecule has 0 aliphatic rings. The molecule has 0 rings (SSSR count). The van der Waals surface area contributed by atoms with Crippen molar-refractivity contribution >= 4 is 9.84 Å². The average Bonchev–Trinajstić information content (AvgIpc) is 2.15. The number of aliphatic hydroxyl groups is 1. The lowest BCUT2D eigenvalue weighted by atomic mass is 9.99. The van der Waals surface area contributed by atoms with Gasteiger partial charge in [-0.1, -0.05) is 39.0 Å². The molecule has 0 saturated carbocycles. The smallest absolute Gasteiger partial charge is 0.155 e. The minimum atomic E-state index is -3.20. The molecule has 0 aromatic heterocycles. The molecule has 0 heterocycles. The van der Waals surface area contributed by atoms with E-state index in [4.69, 9.17) is 0 Å². The van der Waals surface area contributed by atoms with E-state index in [0.29, 0.717) is 6.42 Å². The van der Waals surface area contributed by atoms with Crippen molar-refractivity contribution in [1.29, 1.82) is 0 Å². The molecule has 1 unspecified atom stereocenters. The standard InChI is InChI=1S/C12H26O3S/c1-5-6-7-8-9-10-11(13)12(2,3)16(4,14)15/h11,13H,5-10H2,1-4H3. The molecule has 0 saturated heterocycles. The molecule has 1 atom stereocenters. The second-order valence-electron chi connectivity index (χ2n) is 5.09. The van der Waals surface area contributed by atoms with Crippen molar-refractivity contribution in [3.05, 3.63) is 0 Å². The van der Waals surface area contributed by atoms with Crippen LogP contribution in [0.3, 0.4) is 0 Å². The lowest BCUT2D eigenvalue weighted by Crippen LogP contribution is -2.43. The third-order valence-corrected chi connectivity index (χ3v) is 5.52. The molecule has 0 spiro atoms. The van der Waals surface area contributed by atoms with Gasteiger partial charge in [-0.3, -0.25) is 0 Å². The first-order chi connectivity index (χ1) is 7.23. The van der Waals surface area contributed by atoms with E-state index in [1.54, 1.807) is 13.8 Å². The first kappa shape index (κ1) is 15.9. The van der Waals surface area contributed by atoms with Gasteiger partial charge in [0.2, 0.25) is 0 Å². The number of unbranched alkanes of at least 4 members (excludes halogenated alkanes) is 4. The first-order valence-corrected chi connectivity index (χ1v) is 8.00. The quantitative estimate of drug-likeness (QED) is 0.673. The predicted molar refractivity (Wildman–Crippen MR) is 68.3 cm³/mol. The highest BCUT2D eigenvalue weighted by Gasteiger charge is 2.37. The third-order valence-electron chi connectivity index (χ3n) is 3.34. The third kappa shape index (κ3) is 4.83. The van der Waals surface area contributed by atoms with Crippen LogP contribution in [0.15, 0.2) is 0 Å². The molecule has 3 nitrogen and oxygen atoms in total. The van der Waals surface area contributed by atoms with Gasteiger partial charge in [-0.2, -0.15) is 0 Å². The second-order valence-corrected chi connectivity index (χ2v) is 7.69. The van der Waals surface area contributed by atoms with E-state index in [1.165, 1.54) is 25.5 Å². The Balaban J connectivity index is 4.02. The Morgan fingerprint density at radius 1 is 1.12 bits per heavy atom. The van der Waals surface area contributed by atoms with E-state index >= 15 is 0 Å². The molecule has 1 N–H and O–H groups in total. The lowest BCUT2D eigenvalue weighted by molar-refractivity contribution is 0.125. The molecule has 0 amide bonds. The first-order valence-electron chi connectivity index (χ1n) is 6.11. The maximum atomic E-state index is 11.5. The topological polar surface area (TPSA) is 54.4 Å². The number of hydrogen-bond donors (Lipinski definition) is 1. The predicted octanol–water partition coefficient (Wildman–Crippen LogP) is 2.53. The van der Waals surface area contributed by atoms with Gasteiger partial charge in [0, 0.05) is 6.26 Å². The van der Waals surface area contributed by atoms with E-state index < -0.39 is 20.7 Å². The van der Waals surface area contributed by atoms with Gasteiger partial charge in [0.05, 0.1) is 10.9 Å². The molecule has 16 heavy (non-hydrogen) atoms. The maximum Gasteiger partial charge on any atom is 0.155 e. The number of rotatable bonds is 8. The van der Waals surface area contributed by atoms with Crippen molar-refractivity contribution in [2.75, 3.05) is 6.26 Å². The molecule has 98 valence electrons. The van der Waals surface area contributed by atoms with Crippen LogP contribution in [-0.4, -0.2) is 30.6 Å². The fourth-order valence-corrected chi connectivity index (χ4v) is 2.15. The molecular formula is C12H26O3S. The Kier molecular flexibility index (Phi) is 6.56. The van der Waals surface area contributed by atoms with E-state index in [2.05, 4.69) is 6.92 Å². The van der Waals surface area contributed by atoms with Gasteiger partial charge in [-0.05, 0) is 20.3 Å². The van der Waals surface area contributed by atoms with E-state index in [-0.39, 0.29) is 0 Å². The van der Waals surface area contributed by atoms with Gasteiger partial charge < -0.3 is 5.11 Å². The minimum Gasteiger partial charge on any atom is -0.392 e. The second kappa shape index (κ2) is 6.60. The summed E-state index contributed by atoms with van der Waals surface area (Å²) in [4.78, 5) is 0. The normalized spacial score (nSPS) is 15.1. The Bertz CT molecular complexity index is 281. The molecule has 0 aromatic carbocycles. The number of sulfone groups is 1. The zero-order chi connectivity index (χ0) is 12.8. The fraction of sp³-hybridized carbons (Fsp3) is 1.00. The van der Waals surface area contributed by atoms with Crippen LogP contribution in [-0.2, 0) is 9.84 Å². The summed E-state index contributed by atoms with van der Waals surface area (Å²) in [6.45, 7) is 5.35. The summed E-state index contributed by atoms with van der Waals surface area (Å²) in [6, 6.07) is 0. The van der Waals surface area contributed by atoms with Gasteiger partial charge in [0.1, 0.15) is 0 Å². The summed E-state index contributed by atoms with van der Waals surface area (Å²) >= 11 is 0. The van der Waals surface area contributed by atoms with Crippen LogP contribution in [0.5, 0.6) is 0 Å². The maximum absolute atomic E-state index is 11.5. The molecular weight excluding hydrogens is 224 g/mol. The van der Waals surface area contributed by atoms with Gasteiger partial charge >= 0.3 is 0 Å². The van der Waals surface area contributed by atoms with Crippen molar-refractivity contribution in [3.63, 3.8) is 0 Å². The van der Waals surface area contributed by atoms with E-state index in [1.807, 2.05) is 0 Å². The largest absolute Gasteiger partial charge is 0.392 e. The van der Waals surface area contributed by atoms with Crippen LogP contribution in [0.1, 0.15) is 59.3 Å². The minimum absolute atomic E-state index is 0.573. The molecule has 0 aromatic rings. The van der Waals surface area contributed by atoms with Gasteiger partial charge in [-0.25, -0.2) is 8.42 Å². The van der Waals surface area contributed by atoms with Crippen LogP contribution in [0.4, 0.5) is 0 Å². The van der Waals surface area contributed by atoms with Crippen LogP contribution in [0.25, 0.3) is 0 Å². The summed E-state index contributed by atoms with van der Waals surface area (Å²) < 4.78 is 21.9. The highest BCUT2D eigenvalue weighted by Crippen LogP contribution is 2.24. The molecule has 0 aliphatic heterocycles. The van der Waals surface area contributed by atoms with Crippen molar-refractivity contribution in [3.8, 4) is 0 Å².